The average molecular weight is 473 g/mol. The Hall–Kier alpha value is -2.91. The Morgan fingerprint density at radius 3 is 2.52 bits per heavy atom. The second kappa shape index (κ2) is 8.22. The zero-order chi connectivity index (χ0) is 20.4. The quantitative estimate of drug-likeness (QED) is 0.442. The standard InChI is InChI=1S/C20H17BrN4O3S/c1-12(28-16-9-5-14(21)6-10-16)18(26)22-19-23-20-25(24-19)17(11-29-20)13-3-7-15(27-2)8-4-13/h3-12H,1-2H3,(H,22,24,26). The molecule has 0 aliphatic rings. The fraction of sp³-hybridized carbons (Fsp3) is 0.150. The van der Waals surface area contributed by atoms with Crippen LogP contribution >= 0.6 is 27.3 Å². The Balaban J connectivity index is 1.48. The largest absolute Gasteiger partial charge is 0.497 e. The summed E-state index contributed by atoms with van der Waals surface area (Å²) in [6, 6.07) is 15.0. The summed E-state index contributed by atoms with van der Waals surface area (Å²) >= 11 is 4.82. The fourth-order valence-corrected chi connectivity index (χ4v) is 3.77. The van der Waals surface area contributed by atoms with Crippen LogP contribution in [-0.4, -0.2) is 33.7 Å². The van der Waals surface area contributed by atoms with Crippen molar-refractivity contribution in [2.45, 2.75) is 13.0 Å². The van der Waals surface area contributed by atoms with E-state index in [1.807, 2.05) is 41.8 Å². The van der Waals surface area contributed by atoms with Crippen LogP contribution in [0.25, 0.3) is 16.2 Å². The third-order valence-electron chi connectivity index (χ3n) is 4.20. The van der Waals surface area contributed by atoms with E-state index in [9.17, 15) is 4.79 Å². The molecule has 0 aliphatic carbocycles. The van der Waals surface area contributed by atoms with Crippen LogP contribution in [0.2, 0.25) is 0 Å². The van der Waals surface area contributed by atoms with Crippen LogP contribution in [0.1, 0.15) is 6.92 Å². The summed E-state index contributed by atoms with van der Waals surface area (Å²) in [7, 11) is 1.63. The first kappa shape index (κ1) is 19.4. The molecule has 2 heterocycles. The maximum Gasteiger partial charge on any atom is 0.267 e. The number of anilines is 1. The molecule has 1 unspecified atom stereocenters. The van der Waals surface area contributed by atoms with Crippen LogP contribution in [0.4, 0.5) is 5.95 Å². The molecule has 4 aromatic rings. The second-order valence-corrected chi connectivity index (χ2v) is 7.93. The molecule has 7 nitrogen and oxygen atoms in total. The van der Waals surface area contributed by atoms with Crippen molar-refractivity contribution < 1.29 is 14.3 Å². The lowest BCUT2D eigenvalue weighted by atomic mass is 10.2. The van der Waals surface area contributed by atoms with E-state index in [1.54, 1.807) is 30.7 Å². The monoisotopic (exact) mass is 472 g/mol. The second-order valence-electron chi connectivity index (χ2n) is 6.18. The summed E-state index contributed by atoms with van der Waals surface area (Å²) in [5.41, 5.74) is 1.87. The summed E-state index contributed by atoms with van der Waals surface area (Å²) in [5, 5.41) is 9.11. The highest BCUT2D eigenvalue weighted by atomic mass is 79.9. The number of hydrogen-bond donors (Lipinski definition) is 1. The number of thiazole rings is 1. The molecule has 0 spiro atoms. The van der Waals surface area contributed by atoms with Crippen molar-refractivity contribution in [3.63, 3.8) is 0 Å². The summed E-state index contributed by atoms with van der Waals surface area (Å²) in [5.74, 6) is 1.31. The van der Waals surface area contributed by atoms with Gasteiger partial charge in [-0.3, -0.25) is 10.1 Å². The minimum Gasteiger partial charge on any atom is -0.497 e. The number of methoxy groups -OCH3 is 1. The number of aromatic nitrogens is 3. The Morgan fingerprint density at radius 2 is 1.83 bits per heavy atom. The Labute approximate surface area is 179 Å². The van der Waals surface area contributed by atoms with Crippen molar-refractivity contribution >= 4 is 44.1 Å². The first-order valence-corrected chi connectivity index (χ1v) is 10.4. The van der Waals surface area contributed by atoms with Gasteiger partial charge in [-0.1, -0.05) is 15.9 Å². The predicted molar refractivity (Wildman–Crippen MR) is 116 cm³/mol. The van der Waals surface area contributed by atoms with Crippen molar-refractivity contribution in [2.24, 2.45) is 0 Å². The lowest BCUT2D eigenvalue weighted by molar-refractivity contribution is -0.122. The van der Waals surface area contributed by atoms with Crippen LogP contribution in [-0.2, 0) is 4.79 Å². The number of benzene rings is 2. The number of nitrogens with zero attached hydrogens (tertiary/aromatic N) is 3. The van der Waals surface area contributed by atoms with Crippen LogP contribution in [0.3, 0.4) is 0 Å². The molecule has 2 aromatic carbocycles. The van der Waals surface area contributed by atoms with Crippen LogP contribution in [0, 0.1) is 0 Å². The number of rotatable bonds is 6. The van der Waals surface area contributed by atoms with Crippen molar-refractivity contribution in [1.29, 1.82) is 0 Å². The third-order valence-corrected chi connectivity index (χ3v) is 5.54. The van der Waals surface area contributed by atoms with E-state index in [2.05, 4.69) is 31.3 Å². The molecule has 9 heteroatoms. The number of amides is 1. The van der Waals surface area contributed by atoms with Crippen molar-refractivity contribution in [3.8, 4) is 22.8 Å². The molecular formula is C20H17BrN4O3S. The molecule has 1 amide bonds. The molecule has 0 fully saturated rings. The highest BCUT2D eigenvalue weighted by Gasteiger charge is 2.18. The highest BCUT2D eigenvalue weighted by Crippen LogP contribution is 2.27. The molecule has 0 radical (unpaired) electrons. The van der Waals surface area contributed by atoms with E-state index < -0.39 is 6.10 Å². The molecule has 1 N–H and O–H groups in total. The number of carbonyl (C=O) groups is 1. The number of halogens is 1. The number of carbonyl (C=O) groups excluding carboxylic acids is 1. The molecule has 0 saturated heterocycles. The van der Waals surface area contributed by atoms with Gasteiger partial charge in [0.2, 0.25) is 4.96 Å². The first-order valence-electron chi connectivity index (χ1n) is 8.75. The zero-order valence-corrected chi connectivity index (χ0v) is 18.0. The average Bonchev–Trinajstić information content (AvgIpc) is 3.30. The number of nitrogens with one attached hydrogen (secondary N) is 1. The summed E-state index contributed by atoms with van der Waals surface area (Å²) < 4.78 is 13.5. The van der Waals surface area contributed by atoms with Gasteiger partial charge in [0.05, 0.1) is 12.8 Å². The molecule has 148 valence electrons. The van der Waals surface area contributed by atoms with Gasteiger partial charge < -0.3 is 9.47 Å². The van der Waals surface area contributed by atoms with Gasteiger partial charge in [-0.15, -0.1) is 16.4 Å². The molecule has 29 heavy (non-hydrogen) atoms. The number of hydrogen-bond acceptors (Lipinski definition) is 6. The van der Waals surface area contributed by atoms with Crippen LogP contribution in [0.15, 0.2) is 58.4 Å². The Kier molecular flexibility index (Phi) is 5.50. The van der Waals surface area contributed by atoms with E-state index in [-0.39, 0.29) is 11.9 Å². The Bertz CT molecular complexity index is 1140. The molecule has 4 rings (SSSR count). The highest BCUT2D eigenvalue weighted by molar-refractivity contribution is 9.10. The summed E-state index contributed by atoms with van der Waals surface area (Å²) in [6.45, 7) is 1.68. The first-order chi connectivity index (χ1) is 14.0. The van der Waals surface area contributed by atoms with Gasteiger partial charge in [0.1, 0.15) is 11.5 Å². The van der Waals surface area contributed by atoms with E-state index >= 15 is 0 Å². The van der Waals surface area contributed by atoms with Gasteiger partial charge in [-0.05, 0) is 55.5 Å². The number of fused-ring (bicyclic) bond motifs is 1. The van der Waals surface area contributed by atoms with E-state index in [1.165, 1.54) is 11.3 Å². The fourth-order valence-electron chi connectivity index (χ4n) is 2.68. The normalized spacial score (nSPS) is 12.0. The molecule has 1 atom stereocenters. The van der Waals surface area contributed by atoms with Crippen LogP contribution < -0.4 is 14.8 Å². The van der Waals surface area contributed by atoms with Gasteiger partial charge in [-0.2, -0.15) is 4.98 Å². The maximum atomic E-state index is 12.5. The summed E-state index contributed by atoms with van der Waals surface area (Å²) in [4.78, 5) is 17.5. The third kappa shape index (κ3) is 4.25. The van der Waals surface area contributed by atoms with Gasteiger partial charge in [0, 0.05) is 15.4 Å². The van der Waals surface area contributed by atoms with Crippen molar-refractivity contribution in [2.75, 3.05) is 12.4 Å². The zero-order valence-electron chi connectivity index (χ0n) is 15.6. The number of ether oxygens (including phenoxy) is 2. The minimum absolute atomic E-state index is 0.239. The minimum atomic E-state index is -0.696. The van der Waals surface area contributed by atoms with E-state index in [0.717, 1.165) is 21.5 Å². The topological polar surface area (TPSA) is 77.8 Å². The molecule has 0 saturated carbocycles. The lowest BCUT2D eigenvalue weighted by Gasteiger charge is -2.13. The van der Waals surface area contributed by atoms with Gasteiger partial charge in [0.15, 0.2) is 6.10 Å². The molecular weight excluding hydrogens is 456 g/mol. The van der Waals surface area contributed by atoms with Gasteiger partial charge >= 0.3 is 0 Å². The smallest absolute Gasteiger partial charge is 0.267 e. The van der Waals surface area contributed by atoms with E-state index in [4.69, 9.17) is 9.47 Å². The lowest BCUT2D eigenvalue weighted by Crippen LogP contribution is -2.30. The van der Waals surface area contributed by atoms with Gasteiger partial charge in [0.25, 0.3) is 11.9 Å². The van der Waals surface area contributed by atoms with E-state index in [0.29, 0.717) is 10.7 Å². The SMILES string of the molecule is COc1ccc(-c2csc3nc(NC(=O)C(C)Oc4ccc(Br)cc4)nn23)cc1. The maximum absolute atomic E-state index is 12.5. The molecule has 2 aromatic heterocycles. The van der Waals surface area contributed by atoms with Gasteiger partial charge in [-0.25, -0.2) is 4.52 Å². The predicted octanol–water partition coefficient (Wildman–Crippen LogP) is 4.63. The summed E-state index contributed by atoms with van der Waals surface area (Å²) in [6.07, 6.45) is -0.696. The van der Waals surface area contributed by atoms with Crippen LogP contribution in [0.5, 0.6) is 11.5 Å². The molecule has 0 bridgehead atoms. The Morgan fingerprint density at radius 1 is 1.14 bits per heavy atom. The van der Waals surface area contributed by atoms with Crippen molar-refractivity contribution in [1.82, 2.24) is 14.6 Å². The molecule has 0 aliphatic heterocycles. The van der Waals surface area contributed by atoms with Crippen molar-refractivity contribution in [3.05, 3.63) is 58.4 Å².